The molecule has 0 radical (unpaired) electrons. The Kier molecular flexibility index (Phi) is 7.58. The molecule has 1 atom stereocenters. The maximum Gasteiger partial charge on any atom is 0.189 e. The zero-order valence-corrected chi connectivity index (χ0v) is 21.9. The highest BCUT2D eigenvalue weighted by atomic mass is 35.5. The first-order valence-corrected chi connectivity index (χ1v) is 13.5. The van der Waals surface area contributed by atoms with Crippen LogP contribution in [0.1, 0.15) is 18.4 Å². The predicted octanol–water partition coefficient (Wildman–Crippen LogP) is 6.97. The Morgan fingerprint density at radius 3 is 2.89 bits per heavy atom. The molecule has 184 valence electrons. The number of nitrogens with one attached hydrogen (secondary N) is 1. The molecule has 1 saturated heterocycles. The normalized spacial score (nSPS) is 16.1. The lowest BCUT2D eigenvalue weighted by molar-refractivity contribution is 0.150. The molecule has 2 aromatic carbocycles. The number of hydrogen-bond donors (Lipinski definition) is 1. The molecule has 0 bridgehead atoms. The largest absolute Gasteiger partial charge is 0.493 e. The average Bonchev–Trinajstić information content (AvgIpc) is 3.28. The Balaban J connectivity index is 1.31. The Morgan fingerprint density at radius 2 is 2.14 bits per heavy atom. The van der Waals surface area contributed by atoms with Crippen LogP contribution in [0.2, 0.25) is 5.02 Å². The van der Waals surface area contributed by atoms with Crippen molar-refractivity contribution in [3.63, 3.8) is 0 Å². The zero-order chi connectivity index (χ0) is 25.1. The molecule has 1 aliphatic rings. The number of nitriles is 1. The van der Waals surface area contributed by atoms with E-state index in [0.29, 0.717) is 32.1 Å². The number of aromatic nitrogens is 2. The number of halogens is 2. The van der Waals surface area contributed by atoms with E-state index in [1.807, 2.05) is 24.3 Å². The number of piperidine rings is 1. The number of pyridine rings is 1. The van der Waals surface area contributed by atoms with E-state index in [2.05, 4.69) is 33.3 Å². The maximum atomic E-state index is 13.5. The molecule has 4 aromatic rings. The van der Waals surface area contributed by atoms with Gasteiger partial charge in [-0.25, -0.2) is 9.37 Å². The van der Waals surface area contributed by atoms with Gasteiger partial charge in [0.1, 0.15) is 17.6 Å². The summed E-state index contributed by atoms with van der Waals surface area (Å²) in [5, 5.41) is 13.9. The fourth-order valence-corrected chi connectivity index (χ4v) is 6.46. The SMILES string of the molecule is CN1CCCC(COc2ccc(Nc3nc4ncc(C#N)c(Sc5ccc(F)cc5Cl)c4s3)cc2)C1. The maximum absolute atomic E-state index is 13.5. The van der Waals surface area contributed by atoms with Crippen molar-refractivity contribution < 1.29 is 9.13 Å². The van der Waals surface area contributed by atoms with E-state index in [1.54, 1.807) is 6.07 Å². The van der Waals surface area contributed by atoms with Crippen LogP contribution in [0.25, 0.3) is 10.3 Å². The van der Waals surface area contributed by atoms with Crippen LogP contribution in [-0.2, 0) is 0 Å². The summed E-state index contributed by atoms with van der Waals surface area (Å²) in [4.78, 5) is 12.6. The number of thiazole rings is 1. The summed E-state index contributed by atoms with van der Waals surface area (Å²) in [6.07, 6.45) is 3.93. The molecule has 2 aromatic heterocycles. The highest BCUT2D eigenvalue weighted by molar-refractivity contribution is 8.00. The first-order chi connectivity index (χ1) is 17.5. The van der Waals surface area contributed by atoms with Crippen molar-refractivity contribution in [2.75, 3.05) is 32.1 Å². The van der Waals surface area contributed by atoms with E-state index in [-0.39, 0.29) is 5.02 Å². The minimum absolute atomic E-state index is 0.287. The molecule has 0 saturated carbocycles. The summed E-state index contributed by atoms with van der Waals surface area (Å²) in [5.74, 6) is 0.993. The van der Waals surface area contributed by atoms with Gasteiger partial charge in [0, 0.05) is 29.2 Å². The molecule has 0 spiro atoms. The van der Waals surface area contributed by atoms with Crippen molar-refractivity contribution in [3.8, 4) is 11.8 Å². The zero-order valence-electron chi connectivity index (χ0n) is 19.5. The molecule has 1 N–H and O–H groups in total. The number of rotatable bonds is 7. The standard InChI is InChI=1S/C26H23ClFN5OS2/c1-33-10-2-3-16(14-33)15-34-20-7-5-19(6-8-20)31-26-32-25-24(36-26)23(17(12-29)13-30-25)35-22-9-4-18(28)11-21(22)27/h4-9,11,13,16H,2-3,10,14-15H2,1H3,(H,30,31,32). The van der Waals surface area contributed by atoms with Crippen LogP contribution in [0.4, 0.5) is 15.2 Å². The van der Waals surface area contributed by atoms with Crippen molar-refractivity contribution in [1.29, 1.82) is 5.26 Å². The van der Waals surface area contributed by atoms with Gasteiger partial charge in [-0.1, -0.05) is 34.7 Å². The van der Waals surface area contributed by atoms with Crippen LogP contribution in [0, 0.1) is 23.1 Å². The van der Waals surface area contributed by atoms with E-state index < -0.39 is 5.82 Å². The Morgan fingerprint density at radius 1 is 1.31 bits per heavy atom. The van der Waals surface area contributed by atoms with Crippen LogP contribution >= 0.6 is 34.7 Å². The lowest BCUT2D eigenvalue weighted by Gasteiger charge is -2.29. The van der Waals surface area contributed by atoms with E-state index in [1.165, 1.54) is 54.3 Å². The second-order valence-corrected chi connectivity index (χ2v) is 11.2. The first-order valence-electron chi connectivity index (χ1n) is 11.5. The van der Waals surface area contributed by atoms with Gasteiger partial charge < -0.3 is 15.0 Å². The third-order valence-electron chi connectivity index (χ3n) is 5.92. The summed E-state index contributed by atoms with van der Waals surface area (Å²) in [6.45, 7) is 2.96. The van der Waals surface area contributed by atoms with Crippen molar-refractivity contribution >= 4 is 55.9 Å². The molecule has 5 rings (SSSR count). The number of benzene rings is 2. The summed E-state index contributed by atoms with van der Waals surface area (Å²) in [7, 11) is 2.16. The summed E-state index contributed by atoms with van der Waals surface area (Å²) < 4.78 is 20.3. The minimum Gasteiger partial charge on any atom is -0.493 e. The lowest BCUT2D eigenvalue weighted by atomic mass is 10.00. The van der Waals surface area contributed by atoms with Gasteiger partial charge in [0.2, 0.25) is 0 Å². The van der Waals surface area contributed by atoms with E-state index >= 15 is 0 Å². The number of ether oxygens (including phenoxy) is 1. The van der Waals surface area contributed by atoms with Gasteiger partial charge in [0.15, 0.2) is 10.8 Å². The summed E-state index contributed by atoms with van der Waals surface area (Å²) in [6, 6.07) is 14.2. The monoisotopic (exact) mass is 539 g/mol. The van der Waals surface area contributed by atoms with Crippen LogP contribution in [0.15, 0.2) is 58.5 Å². The van der Waals surface area contributed by atoms with Crippen molar-refractivity contribution in [2.45, 2.75) is 22.6 Å². The summed E-state index contributed by atoms with van der Waals surface area (Å²) in [5.41, 5.74) is 1.81. The van der Waals surface area contributed by atoms with E-state index in [4.69, 9.17) is 16.3 Å². The van der Waals surface area contributed by atoms with Crippen LogP contribution in [0.5, 0.6) is 5.75 Å². The van der Waals surface area contributed by atoms with E-state index in [0.717, 1.165) is 35.8 Å². The molecular weight excluding hydrogens is 517 g/mol. The molecule has 36 heavy (non-hydrogen) atoms. The summed E-state index contributed by atoms with van der Waals surface area (Å²) >= 11 is 8.93. The third-order valence-corrected chi connectivity index (χ3v) is 8.65. The second-order valence-electron chi connectivity index (χ2n) is 8.69. The van der Waals surface area contributed by atoms with Gasteiger partial charge in [-0.15, -0.1) is 0 Å². The number of likely N-dealkylation sites (tertiary alicyclic amines) is 1. The minimum atomic E-state index is -0.410. The van der Waals surface area contributed by atoms with Crippen LogP contribution in [0.3, 0.4) is 0 Å². The molecule has 1 fully saturated rings. The van der Waals surface area contributed by atoms with Gasteiger partial charge >= 0.3 is 0 Å². The first kappa shape index (κ1) is 24.8. The highest BCUT2D eigenvalue weighted by Gasteiger charge is 2.18. The van der Waals surface area contributed by atoms with Gasteiger partial charge in [0.25, 0.3) is 0 Å². The number of fused-ring (bicyclic) bond motifs is 1. The predicted molar refractivity (Wildman–Crippen MR) is 143 cm³/mol. The van der Waals surface area contributed by atoms with Gasteiger partial charge in [-0.05, 0) is 68.9 Å². The number of hydrogen-bond acceptors (Lipinski definition) is 8. The van der Waals surface area contributed by atoms with Crippen LogP contribution in [-0.4, -0.2) is 41.6 Å². The quantitative estimate of drug-likeness (QED) is 0.272. The fourth-order valence-electron chi connectivity index (χ4n) is 4.14. The smallest absolute Gasteiger partial charge is 0.189 e. The Bertz CT molecular complexity index is 1420. The number of nitrogens with zero attached hydrogens (tertiary/aromatic N) is 4. The second kappa shape index (κ2) is 11.0. The average molecular weight is 540 g/mol. The molecule has 1 unspecified atom stereocenters. The molecule has 1 aliphatic heterocycles. The van der Waals surface area contributed by atoms with Crippen LogP contribution < -0.4 is 10.1 Å². The van der Waals surface area contributed by atoms with Gasteiger partial charge in [-0.3, -0.25) is 0 Å². The van der Waals surface area contributed by atoms with Crippen molar-refractivity contribution in [3.05, 3.63) is 65.1 Å². The molecular formula is C26H23ClFN5OS2. The Hall–Kier alpha value is -2.90. The Labute approximate surface area is 222 Å². The van der Waals surface area contributed by atoms with Gasteiger partial charge in [-0.2, -0.15) is 10.2 Å². The third kappa shape index (κ3) is 5.73. The van der Waals surface area contributed by atoms with Crippen molar-refractivity contribution in [2.24, 2.45) is 5.92 Å². The lowest BCUT2D eigenvalue weighted by Crippen LogP contribution is -2.34. The fraction of sp³-hybridized carbons (Fsp3) is 0.269. The molecule has 10 heteroatoms. The molecule has 3 heterocycles. The molecule has 0 amide bonds. The van der Waals surface area contributed by atoms with Crippen molar-refractivity contribution in [1.82, 2.24) is 14.9 Å². The highest BCUT2D eigenvalue weighted by Crippen LogP contribution is 2.42. The molecule has 6 nitrogen and oxygen atoms in total. The topological polar surface area (TPSA) is 74.1 Å². The molecule has 0 aliphatic carbocycles. The number of anilines is 2. The van der Waals surface area contributed by atoms with Gasteiger partial charge in [0.05, 0.1) is 26.8 Å². The van der Waals surface area contributed by atoms with E-state index in [9.17, 15) is 9.65 Å².